The maximum absolute atomic E-state index is 9.55. The van der Waals surface area contributed by atoms with Gasteiger partial charge in [-0.2, -0.15) is 0 Å². The fraction of sp³-hybridized carbons (Fsp3) is 0.556. The van der Waals surface area contributed by atoms with Crippen LogP contribution in [-0.4, -0.2) is 16.7 Å². The molecule has 0 amide bonds. The first kappa shape index (κ1) is 8.50. The average molecular weight is 153 g/mol. The van der Waals surface area contributed by atoms with Gasteiger partial charge < -0.3 is 10.8 Å². The molecule has 0 bridgehead atoms. The summed E-state index contributed by atoms with van der Waals surface area (Å²) in [4.78, 5) is 0. The molecule has 0 aromatic heterocycles. The zero-order valence-electron chi connectivity index (χ0n) is 7.04. The predicted octanol–water partition coefficient (Wildman–Crippen LogP) is 0.971. The van der Waals surface area contributed by atoms with Gasteiger partial charge in [-0.05, 0) is 25.8 Å². The van der Waals surface area contributed by atoms with E-state index in [0.29, 0.717) is 0 Å². The van der Waals surface area contributed by atoms with E-state index in [4.69, 9.17) is 5.73 Å². The molecule has 3 N–H and O–H groups in total. The molecule has 0 saturated carbocycles. The van der Waals surface area contributed by atoms with Crippen LogP contribution in [0.1, 0.15) is 20.3 Å². The van der Waals surface area contributed by atoms with Crippen molar-refractivity contribution < 1.29 is 5.11 Å². The van der Waals surface area contributed by atoms with Crippen molar-refractivity contribution in [3.8, 4) is 0 Å². The van der Waals surface area contributed by atoms with E-state index in [-0.39, 0.29) is 6.04 Å². The maximum atomic E-state index is 9.55. The summed E-state index contributed by atoms with van der Waals surface area (Å²) < 4.78 is 0. The Balaban J connectivity index is 2.62. The minimum Gasteiger partial charge on any atom is -0.389 e. The van der Waals surface area contributed by atoms with Crippen molar-refractivity contribution in [2.45, 2.75) is 31.9 Å². The minimum atomic E-state index is -0.808. The molecule has 2 nitrogen and oxygen atoms in total. The molecule has 0 heterocycles. The van der Waals surface area contributed by atoms with Crippen molar-refractivity contribution >= 4 is 0 Å². The number of nitrogens with two attached hydrogens (primary N) is 1. The summed E-state index contributed by atoms with van der Waals surface area (Å²) in [5, 5.41) is 9.55. The quantitative estimate of drug-likeness (QED) is 0.621. The van der Waals surface area contributed by atoms with E-state index in [9.17, 15) is 5.11 Å². The van der Waals surface area contributed by atoms with Crippen molar-refractivity contribution in [2.75, 3.05) is 0 Å². The van der Waals surface area contributed by atoms with Gasteiger partial charge in [-0.1, -0.05) is 18.2 Å². The lowest BCUT2D eigenvalue weighted by molar-refractivity contribution is 0.0632. The fourth-order valence-corrected chi connectivity index (χ4v) is 1.15. The molecule has 0 fully saturated rings. The molecule has 0 aliphatic heterocycles. The second-order valence-electron chi connectivity index (χ2n) is 3.51. The number of allylic oxidation sites excluding steroid dienone is 3. The first-order chi connectivity index (χ1) is 5.02. The Labute approximate surface area is 67.4 Å². The molecule has 0 aromatic rings. The maximum Gasteiger partial charge on any atom is 0.0780 e. The van der Waals surface area contributed by atoms with E-state index >= 15 is 0 Å². The SMILES string of the molecule is CC(C)(O)[C@@H](N)C1=CC=CC1. The monoisotopic (exact) mass is 153 g/mol. The van der Waals surface area contributed by atoms with E-state index in [0.717, 1.165) is 12.0 Å². The first-order valence-corrected chi connectivity index (χ1v) is 3.85. The summed E-state index contributed by atoms with van der Waals surface area (Å²) in [6, 6.07) is -0.238. The molecule has 1 rings (SSSR count). The van der Waals surface area contributed by atoms with E-state index in [2.05, 4.69) is 0 Å². The highest BCUT2D eigenvalue weighted by Crippen LogP contribution is 2.20. The third-order valence-corrected chi connectivity index (χ3v) is 1.96. The zero-order valence-corrected chi connectivity index (χ0v) is 7.04. The van der Waals surface area contributed by atoms with Crippen molar-refractivity contribution in [2.24, 2.45) is 5.73 Å². The van der Waals surface area contributed by atoms with Crippen LogP contribution in [0.4, 0.5) is 0 Å². The molecule has 0 unspecified atom stereocenters. The van der Waals surface area contributed by atoms with Gasteiger partial charge in [0.05, 0.1) is 11.6 Å². The van der Waals surface area contributed by atoms with Crippen LogP contribution in [0.15, 0.2) is 23.8 Å². The Morgan fingerprint density at radius 2 is 2.27 bits per heavy atom. The molecular weight excluding hydrogens is 138 g/mol. The Morgan fingerprint density at radius 3 is 2.64 bits per heavy atom. The van der Waals surface area contributed by atoms with Crippen LogP contribution in [0, 0.1) is 0 Å². The van der Waals surface area contributed by atoms with Crippen LogP contribution >= 0.6 is 0 Å². The average Bonchev–Trinajstić information content (AvgIpc) is 2.34. The lowest BCUT2D eigenvalue weighted by Gasteiger charge is -2.26. The van der Waals surface area contributed by atoms with E-state index < -0.39 is 5.60 Å². The second-order valence-corrected chi connectivity index (χ2v) is 3.51. The highest BCUT2D eigenvalue weighted by Gasteiger charge is 2.26. The molecule has 0 saturated heterocycles. The predicted molar refractivity (Wildman–Crippen MR) is 46.1 cm³/mol. The van der Waals surface area contributed by atoms with E-state index in [1.165, 1.54) is 0 Å². The van der Waals surface area contributed by atoms with Crippen LogP contribution in [0.5, 0.6) is 0 Å². The molecule has 11 heavy (non-hydrogen) atoms. The van der Waals surface area contributed by atoms with Gasteiger partial charge in [-0.25, -0.2) is 0 Å². The van der Waals surface area contributed by atoms with Gasteiger partial charge in [-0.3, -0.25) is 0 Å². The van der Waals surface area contributed by atoms with Gasteiger partial charge in [0.25, 0.3) is 0 Å². The standard InChI is InChI=1S/C9H15NO/c1-9(2,11)8(10)7-5-3-4-6-7/h3-5,8,11H,6,10H2,1-2H3/t8-/m0/s1. The number of hydrogen-bond acceptors (Lipinski definition) is 2. The first-order valence-electron chi connectivity index (χ1n) is 3.85. The molecule has 0 spiro atoms. The van der Waals surface area contributed by atoms with Crippen molar-refractivity contribution in [1.29, 1.82) is 0 Å². The van der Waals surface area contributed by atoms with Crippen LogP contribution in [0.25, 0.3) is 0 Å². The van der Waals surface area contributed by atoms with Gasteiger partial charge in [0.2, 0.25) is 0 Å². The van der Waals surface area contributed by atoms with Crippen LogP contribution < -0.4 is 5.73 Å². The summed E-state index contributed by atoms with van der Waals surface area (Å²) in [6.07, 6.45) is 6.87. The summed E-state index contributed by atoms with van der Waals surface area (Å²) in [7, 11) is 0. The van der Waals surface area contributed by atoms with Crippen LogP contribution in [0.2, 0.25) is 0 Å². The Morgan fingerprint density at radius 1 is 1.64 bits per heavy atom. The molecule has 0 radical (unpaired) electrons. The van der Waals surface area contributed by atoms with Crippen molar-refractivity contribution in [1.82, 2.24) is 0 Å². The molecule has 1 atom stereocenters. The minimum absolute atomic E-state index is 0.238. The molecule has 62 valence electrons. The molecule has 2 heteroatoms. The third-order valence-electron chi connectivity index (χ3n) is 1.96. The second kappa shape index (κ2) is 2.80. The lowest BCUT2D eigenvalue weighted by atomic mass is 9.92. The number of aliphatic hydroxyl groups is 1. The Hall–Kier alpha value is -0.600. The van der Waals surface area contributed by atoms with Crippen LogP contribution in [-0.2, 0) is 0 Å². The molecule has 1 aliphatic rings. The van der Waals surface area contributed by atoms with E-state index in [1.807, 2.05) is 18.2 Å². The van der Waals surface area contributed by atoms with Gasteiger partial charge in [0.15, 0.2) is 0 Å². The van der Waals surface area contributed by atoms with Gasteiger partial charge in [0, 0.05) is 0 Å². The third kappa shape index (κ3) is 1.91. The Kier molecular flexibility index (Phi) is 2.16. The zero-order chi connectivity index (χ0) is 8.48. The summed E-state index contributed by atoms with van der Waals surface area (Å²) in [5.41, 5.74) is 6.10. The number of rotatable bonds is 2. The highest BCUT2D eigenvalue weighted by molar-refractivity contribution is 5.28. The van der Waals surface area contributed by atoms with Crippen molar-refractivity contribution in [3.63, 3.8) is 0 Å². The normalized spacial score (nSPS) is 20.2. The summed E-state index contributed by atoms with van der Waals surface area (Å²) in [6.45, 7) is 3.47. The van der Waals surface area contributed by atoms with Gasteiger partial charge in [-0.15, -0.1) is 0 Å². The van der Waals surface area contributed by atoms with Gasteiger partial charge in [0.1, 0.15) is 0 Å². The molecule has 0 aromatic carbocycles. The largest absolute Gasteiger partial charge is 0.389 e. The van der Waals surface area contributed by atoms with E-state index in [1.54, 1.807) is 13.8 Å². The topological polar surface area (TPSA) is 46.2 Å². The highest BCUT2D eigenvalue weighted by atomic mass is 16.3. The summed E-state index contributed by atoms with van der Waals surface area (Å²) in [5.74, 6) is 0. The van der Waals surface area contributed by atoms with Crippen LogP contribution in [0.3, 0.4) is 0 Å². The molecule has 1 aliphatic carbocycles. The lowest BCUT2D eigenvalue weighted by Crippen LogP contribution is -2.44. The van der Waals surface area contributed by atoms with Gasteiger partial charge >= 0.3 is 0 Å². The Bertz CT molecular complexity index is 198. The fourth-order valence-electron chi connectivity index (χ4n) is 1.15. The number of hydrogen-bond donors (Lipinski definition) is 2. The smallest absolute Gasteiger partial charge is 0.0780 e. The van der Waals surface area contributed by atoms with Crippen molar-refractivity contribution in [3.05, 3.63) is 23.8 Å². The summed E-state index contributed by atoms with van der Waals surface area (Å²) >= 11 is 0. The molecular formula is C9H15NO.